The summed E-state index contributed by atoms with van der Waals surface area (Å²) < 4.78 is 0. The Hall–Kier alpha value is -2.04. The lowest BCUT2D eigenvalue weighted by atomic mass is 10.1. The Labute approximate surface area is 140 Å². The van der Waals surface area contributed by atoms with Crippen LogP contribution in [-0.4, -0.2) is 38.5 Å². The van der Waals surface area contributed by atoms with Gasteiger partial charge in [-0.3, -0.25) is 9.79 Å². The quantitative estimate of drug-likeness (QED) is 0.372. The number of nitrogens with zero attached hydrogens (tertiary/aromatic N) is 1. The van der Waals surface area contributed by atoms with Crippen LogP contribution in [0.15, 0.2) is 29.3 Å². The Morgan fingerprint density at radius 3 is 2.48 bits per heavy atom. The average Bonchev–Trinajstić information content (AvgIpc) is 2.56. The van der Waals surface area contributed by atoms with Crippen LogP contribution in [0.4, 0.5) is 0 Å². The van der Waals surface area contributed by atoms with E-state index in [-0.39, 0.29) is 5.91 Å². The number of guanidine groups is 1. The lowest BCUT2D eigenvalue weighted by molar-refractivity contribution is 0.0954. The van der Waals surface area contributed by atoms with Crippen LogP contribution in [0.3, 0.4) is 0 Å². The summed E-state index contributed by atoms with van der Waals surface area (Å²) in [5, 5.41) is 9.39. The van der Waals surface area contributed by atoms with Crippen LogP contribution >= 0.6 is 0 Å². The van der Waals surface area contributed by atoms with Gasteiger partial charge in [-0.05, 0) is 25.5 Å². The van der Waals surface area contributed by atoms with Crippen LogP contribution in [-0.2, 0) is 0 Å². The maximum absolute atomic E-state index is 12.0. The normalized spacial score (nSPS) is 11.2. The Morgan fingerprint density at radius 1 is 1.04 bits per heavy atom. The molecule has 0 bridgehead atoms. The number of rotatable bonds is 9. The lowest BCUT2D eigenvalue weighted by Crippen LogP contribution is -2.41. The highest BCUT2D eigenvalue weighted by atomic mass is 16.1. The number of carbonyl (C=O) groups excluding carboxylic acids is 1. The summed E-state index contributed by atoms with van der Waals surface area (Å²) in [6.45, 7) is 6.32. The summed E-state index contributed by atoms with van der Waals surface area (Å²) >= 11 is 0. The van der Waals surface area contributed by atoms with E-state index in [2.05, 4.69) is 27.9 Å². The molecule has 5 heteroatoms. The van der Waals surface area contributed by atoms with Gasteiger partial charge in [-0.1, -0.05) is 43.9 Å². The molecule has 0 unspecified atom stereocenters. The standard InChI is InChI=1S/C18H30N4O/c1-4-5-6-7-11-21-18(19-3)22-13-12-20-17(23)16-10-8-9-15(2)14-16/h8-10,14H,4-7,11-13H2,1-3H3,(H,20,23)(H2,19,21,22). The van der Waals surface area contributed by atoms with E-state index >= 15 is 0 Å². The molecular formula is C18H30N4O. The minimum absolute atomic E-state index is 0.0435. The van der Waals surface area contributed by atoms with E-state index in [1.165, 1.54) is 19.3 Å². The molecule has 0 atom stereocenters. The first-order valence-corrected chi connectivity index (χ1v) is 8.46. The van der Waals surface area contributed by atoms with Crippen molar-refractivity contribution in [2.45, 2.75) is 39.5 Å². The van der Waals surface area contributed by atoms with E-state index in [4.69, 9.17) is 0 Å². The molecule has 1 aromatic rings. The molecule has 1 aromatic carbocycles. The molecule has 0 radical (unpaired) electrons. The molecule has 128 valence electrons. The Bertz CT molecular complexity index is 500. The molecule has 1 rings (SSSR count). The second-order valence-corrected chi connectivity index (χ2v) is 5.61. The molecule has 0 aliphatic carbocycles. The Kier molecular flexibility index (Phi) is 9.52. The molecule has 0 saturated heterocycles. The van der Waals surface area contributed by atoms with Crippen molar-refractivity contribution in [3.63, 3.8) is 0 Å². The Morgan fingerprint density at radius 2 is 1.78 bits per heavy atom. The fourth-order valence-electron chi connectivity index (χ4n) is 2.22. The summed E-state index contributed by atoms with van der Waals surface area (Å²) in [5.41, 5.74) is 1.78. The predicted molar refractivity (Wildman–Crippen MR) is 97.0 cm³/mol. The van der Waals surface area contributed by atoms with Gasteiger partial charge in [0.1, 0.15) is 0 Å². The number of unbranched alkanes of at least 4 members (excludes halogenated alkanes) is 3. The fourth-order valence-corrected chi connectivity index (χ4v) is 2.22. The van der Waals surface area contributed by atoms with Gasteiger partial charge in [-0.25, -0.2) is 0 Å². The van der Waals surface area contributed by atoms with Gasteiger partial charge in [0.15, 0.2) is 5.96 Å². The van der Waals surface area contributed by atoms with Crippen LogP contribution in [0.1, 0.15) is 48.5 Å². The van der Waals surface area contributed by atoms with Gasteiger partial charge in [-0.15, -0.1) is 0 Å². The maximum atomic E-state index is 12.0. The largest absolute Gasteiger partial charge is 0.356 e. The molecule has 0 spiro atoms. The van der Waals surface area contributed by atoms with Gasteiger partial charge in [-0.2, -0.15) is 0 Å². The zero-order valence-electron chi connectivity index (χ0n) is 14.6. The molecule has 0 aromatic heterocycles. The van der Waals surface area contributed by atoms with Crippen molar-refractivity contribution in [1.29, 1.82) is 0 Å². The number of hydrogen-bond acceptors (Lipinski definition) is 2. The number of amides is 1. The molecule has 5 nitrogen and oxygen atoms in total. The molecule has 0 saturated carbocycles. The maximum Gasteiger partial charge on any atom is 0.251 e. The van der Waals surface area contributed by atoms with Gasteiger partial charge in [0, 0.05) is 32.2 Å². The van der Waals surface area contributed by atoms with Crippen molar-refractivity contribution in [1.82, 2.24) is 16.0 Å². The molecular weight excluding hydrogens is 288 g/mol. The van der Waals surface area contributed by atoms with Gasteiger partial charge < -0.3 is 16.0 Å². The highest BCUT2D eigenvalue weighted by molar-refractivity contribution is 5.94. The van der Waals surface area contributed by atoms with E-state index in [0.29, 0.717) is 18.7 Å². The first-order chi connectivity index (χ1) is 11.2. The molecule has 0 aliphatic rings. The zero-order chi connectivity index (χ0) is 16.9. The molecule has 23 heavy (non-hydrogen) atoms. The highest BCUT2D eigenvalue weighted by Crippen LogP contribution is 2.03. The third kappa shape index (κ3) is 8.24. The van der Waals surface area contributed by atoms with Crippen molar-refractivity contribution in [3.8, 4) is 0 Å². The van der Waals surface area contributed by atoms with Crippen molar-refractivity contribution >= 4 is 11.9 Å². The van der Waals surface area contributed by atoms with Crippen LogP contribution in [0, 0.1) is 6.92 Å². The van der Waals surface area contributed by atoms with Gasteiger partial charge in [0.05, 0.1) is 0 Å². The summed E-state index contributed by atoms with van der Waals surface area (Å²) in [6.07, 6.45) is 4.91. The number of nitrogens with one attached hydrogen (secondary N) is 3. The highest BCUT2D eigenvalue weighted by Gasteiger charge is 2.04. The molecule has 3 N–H and O–H groups in total. The van der Waals surface area contributed by atoms with Crippen LogP contribution in [0.5, 0.6) is 0 Å². The van der Waals surface area contributed by atoms with E-state index in [1.54, 1.807) is 7.05 Å². The number of benzene rings is 1. The van der Waals surface area contributed by atoms with Crippen LogP contribution in [0.25, 0.3) is 0 Å². The van der Waals surface area contributed by atoms with E-state index in [9.17, 15) is 4.79 Å². The average molecular weight is 318 g/mol. The minimum Gasteiger partial charge on any atom is -0.356 e. The number of aryl methyl sites for hydroxylation is 1. The zero-order valence-corrected chi connectivity index (χ0v) is 14.6. The smallest absolute Gasteiger partial charge is 0.251 e. The Balaban J connectivity index is 2.18. The predicted octanol–water partition coefficient (Wildman–Crippen LogP) is 2.47. The second kappa shape index (κ2) is 11.5. The number of aliphatic imine (C=N–C) groups is 1. The topological polar surface area (TPSA) is 65.5 Å². The number of carbonyl (C=O) groups is 1. The summed E-state index contributed by atoms with van der Waals surface area (Å²) in [5.74, 6) is 0.740. The summed E-state index contributed by atoms with van der Waals surface area (Å²) in [6, 6.07) is 7.59. The van der Waals surface area contributed by atoms with E-state index in [1.807, 2.05) is 31.2 Å². The molecule has 0 aliphatic heterocycles. The first-order valence-electron chi connectivity index (χ1n) is 8.46. The molecule has 0 fully saturated rings. The molecule has 1 amide bonds. The SMILES string of the molecule is CCCCCCNC(=NC)NCCNC(=O)c1cccc(C)c1. The molecule has 0 heterocycles. The van der Waals surface area contributed by atoms with Gasteiger partial charge in [0.25, 0.3) is 5.91 Å². The lowest BCUT2D eigenvalue weighted by Gasteiger charge is -2.12. The van der Waals surface area contributed by atoms with Crippen molar-refractivity contribution in [2.75, 3.05) is 26.7 Å². The first kappa shape index (κ1) is 19.0. The van der Waals surface area contributed by atoms with Gasteiger partial charge >= 0.3 is 0 Å². The van der Waals surface area contributed by atoms with Crippen molar-refractivity contribution < 1.29 is 4.79 Å². The minimum atomic E-state index is -0.0435. The third-order valence-electron chi connectivity index (χ3n) is 3.53. The van der Waals surface area contributed by atoms with Crippen molar-refractivity contribution in [3.05, 3.63) is 35.4 Å². The summed E-state index contributed by atoms with van der Waals surface area (Å²) in [7, 11) is 1.76. The third-order valence-corrected chi connectivity index (χ3v) is 3.53. The monoisotopic (exact) mass is 318 g/mol. The second-order valence-electron chi connectivity index (χ2n) is 5.61. The van der Waals surface area contributed by atoms with Gasteiger partial charge in [0.2, 0.25) is 0 Å². The van der Waals surface area contributed by atoms with Crippen molar-refractivity contribution in [2.24, 2.45) is 4.99 Å². The summed E-state index contributed by atoms with van der Waals surface area (Å²) in [4.78, 5) is 16.2. The number of hydrogen-bond donors (Lipinski definition) is 3. The van der Waals surface area contributed by atoms with Crippen LogP contribution < -0.4 is 16.0 Å². The fraction of sp³-hybridized carbons (Fsp3) is 0.556. The van der Waals surface area contributed by atoms with E-state index < -0.39 is 0 Å². The van der Waals surface area contributed by atoms with E-state index in [0.717, 1.165) is 24.5 Å². The van der Waals surface area contributed by atoms with Crippen LogP contribution in [0.2, 0.25) is 0 Å².